The highest BCUT2D eigenvalue weighted by atomic mass is 19.1. The van der Waals surface area contributed by atoms with E-state index in [9.17, 15) is 19.3 Å². The van der Waals surface area contributed by atoms with Gasteiger partial charge in [0.05, 0.1) is 4.92 Å². The van der Waals surface area contributed by atoms with Crippen molar-refractivity contribution in [3.63, 3.8) is 0 Å². The van der Waals surface area contributed by atoms with Gasteiger partial charge in [0.25, 0.3) is 0 Å². The number of amides is 1. The van der Waals surface area contributed by atoms with Crippen molar-refractivity contribution in [3.05, 3.63) is 34.1 Å². The molecule has 0 aliphatic carbocycles. The second kappa shape index (κ2) is 5.17. The summed E-state index contributed by atoms with van der Waals surface area (Å²) in [6.45, 7) is -0.168. The van der Waals surface area contributed by atoms with Crippen LogP contribution in [0.4, 0.5) is 15.8 Å². The fourth-order valence-electron chi connectivity index (χ4n) is 1.06. The number of halogens is 1. The Morgan fingerprint density at radius 3 is 2.81 bits per heavy atom. The normalized spacial score (nSPS) is 9.88. The Hall–Kier alpha value is -2.02. The number of anilines is 1. The Kier molecular flexibility index (Phi) is 3.90. The first kappa shape index (κ1) is 12.1. The highest BCUT2D eigenvalue weighted by molar-refractivity contribution is 5.91. The largest absolute Gasteiger partial charge is 0.375 e. The molecule has 0 fully saturated rings. The van der Waals surface area contributed by atoms with Crippen LogP contribution in [-0.2, 0) is 9.53 Å². The highest BCUT2D eigenvalue weighted by Gasteiger charge is 2.14. The molecule has 0 aliphatic heterocycles. The monoisotopic (exact) mass is 228 g/mol. The van der Waals surface area contributed by atoms with Crippen molar-refractivity contribution in [2.75, 3.05) is 19.0 Å². The Bertz CT molecular complexity index is 422. The second-order valence-corrected chi connectivity index (χ2v) is 2.90. The molecule has 0 atom stereocenters. The molecule has 7 heteroatoms. The minimum atomic E-state index is -1.000. The van der Waals surface area contributed by atoms with Crippen molar-refractivity contribution in [1.29, 1.82) is 0 Å². The first-order chi connectivity index (χ1) is 7.54. The third-order valence-corrected chi connectivity index (χ3v) is 1.70. The third-order valence-electron chi connectivity index (χ3n) is 1.70. The lowest BCUT2D eigenvalue weighted by atomic mass is 10.2. The minimum absolute atomic E-state index is 0.144. The van der Waals surface area contributed by atoms with Crippen LogP contribution in [0.3, 0.4) is 0 Å². The SMILES string of the molecule is COCC(=O)Nc1ccc([N+](=O)[O-])c(F)c1. The van der Waals surface area contributed by atoms with Gasteiger partial charge in [-0.15, -0.1) is 0 Å². The lowest BCUT2D eigenvalue weighted by Gasteiger charge is -2.04. The van der Waals surface area contributed by atoms with E-state index in [0.29, 0.717) is 0 Å². The molecule has 1 N–H and O–H groups in total. The molecule has 16 heavy (non-hydrogen) atoms. The highest BCUT2D eigenvalue weighted by Crippen LogP contribution is 2.20. The summed E-state index contributed by atoms with van der Waals surface area (Å²) in [6, 6.07) is 3.11. The third kappa shape index (κ3) is 2.99. The standard InChI is InChI=1S/C9H9FN2O4/c1-16-5-9(13)11-6-2-3-8(12(14)15)7(10)4-6/h2-4H,5H2,1H3,(H,11,13). The van der Waals surface area contributed by atoms with Crippen molar-refractivity contribution in [2.24, 2.45) is 0 Å². The number of nitro groups is 1. The van der Waals surface area contributed by atoms with E-state index in [0.717, 1.165) is 12.1 Å². The summed E-state index contributed by atoms with van der Waals surface area (Å²) >= 11 is 0. The van der Waals surface area contributed by atoms with Crippen LogP contribution in [0, 0.1) is 15.9 Å². The zero-order chi connectivity index (χ0) is 12.1. The van der Waals surface area contributed by atoms with Crippen LogP contribution in [-0.4, -0.2) is 24.5 Å². The molecule has 0 aromatic heterocycles. The van der Waals surface area contributed by atoms with Crippen molar-refractivity contribution < 1.29 is 18.8 Å². The number of hydrogen-bond donors (Lipinski definition) is 1. The van der Waals surface area contributed by atoms with E-state index >= 15 is 0 Å². The summed E-state index contributed by atoms with van der Waals surface area (Å²) in [5.41, 5.74) is -0.491. The first-order valence-electron chi connectivity index (χ1n) is 4.27. The minimum Gasteiger partial charge on any atom is -0.375 e. The first-order valence-corrected chi connectivity index (χ1v) is 4.27. The van der Waals surface area contributed by atoms with Crippen LogP contribution in [0.15, 0.2) is 18.2 Å². The van der Waals surface area contributed by atoms with Gasteiger partial charge in [-0.1, -0.05) is 0 Å². The number of rotatable bonds is 4. The summed E-state index contributed by atoms with van der Waals surface area (Å²) in [6.07, 6.45) is 0. The fraction of sp³-hybridized carbons (Fsp3) is 0.222. The Morgan fingerprint density at radius 1 is 1.62 bits per heavy atom. The molecule has 0 radical (unpaired) electrons. The molecule has 0 spiro atoms. The number of carbonyl (C=O) groups is 1. The van der Waals surface area contributed by atoms with Crippen LogP contribution in [0.5, 0.6) is 0 Å². The van der Waals surface area contributed by atoms with Gasteiger partial charge in [0.2, 0.25) is 11.7 Å². The predicted octanol–water partition coefficient (Wildman–Crippen LogP) is 1.32. The van der Waals surface area contributed by atoms with Crippen molar-refractivity contribution in [2.45, 2.75) is 0 Å². The van der Waals surface area contributed by atoms with E-state index in [-0.39, 0.29) is 12.3 Å². The van der Waals surface area contributed by atoms with Gasteiger partial charge in [-0.25, -0.2) is 0 Å². The molecule has 86 valence electrons. The molecule has 0 saturated heterocycles. The summed E-state index contributed by atoms with van der Waals surface area (Å²) in [5.74, 6) is -1.46. The summed E-state index contributed by atoms with van der Waals surface area (Å²) in [7, 11) is 1.34. The molecule has 0 aliphatic rings. The topological polar surface area (TPSA) is 81.5 Å². The summed E-state index contributed by atoms with van der Waals surface area (Å²) in [5, 5.41) is 12.6. The van der Waals surface area contributed by atoms with Gasteiger partial charge in [0, 0.05) is 24.9 Å². The average Bonchev–Trinajstić information content (AvgIpc) is 2.17. The average molecular weight is 228 g/mol. The maximum absolute atomic E-state index is 13.1. The second-order valence-electron chi connectivity index (χ2n) is 2.90. The molecular weight excluding hydrogens is 219 g/mol. The van der Waals surface area contributed by atoms with E-state index < -0.39 is 22.3 Å². The van der Waals surface area contributed by atoms with Gasteiger partial charge >= 0.3 is 5.69 Å². The van der Waals surface area contributed by atoms with E-state index in [1.807, 2.05) is 0 Å². The van der Waals surface area contributed by atoms with Crippen LogP contribution in [0.1, 0.15) is 0 Å². The number of nitro benzene ring substituents is 1. The number of ether oxygens (including phenoxy) is 1. The van der Waals surface area contributed by atoms with Crippen molar-refractivity contribution in [1.82, 2.24) is 0 Å². The number of nitrogens with zero attached hydrogens (tertiary/aromatic N) is 1. The van der Waals surface area contributed by atoms with Crippen molar-refractivity contribution >= 4 is 17.3 Å². The molecule has 0 heterocycles. The molecule has 1 amide bonds. The molecule has 1 aromatic rings. The Balaban J connectivity index is 2.81. The Morgan fingerprint density at radius 2 is 2.31 bits per heavy atom. The number of hydrogen-bond acceptors (Lipinski definition) is 4. The fourth-order valence-corrected chi connectivity index (χ4v) is 1.06. The number of nitrogens with one attached hydrogen (secondary N) is 1. The molecular formula is C9H9FN2O4. The smallest absolute Gasteiger partial charge is 0.304 e. The van der Waals surface area contributed by atoms with Crippen LogP contribution in [0.25, 0.3) is 0 Å². The lowest BCUT2D eigenvalue weighted by Crippen LogP contribution is -2.17. The maximum atomic E-state index is 13.1. The van der Waals surface area contributed by atoms with Gasteiger partial charge in [-0.2, -0.15) is 4.39 Å². The van der Waals surface area contributed by atoms with Crippen molar-refractivity contribution in [3.8, 4) is 0 Å². The molecule has 0 unspecified atom stereocenters. The number of carbonyl (C=O) groups excluding carboxylic acids is 1. The number of benzene rings is 1. The summed E-state index contributed by atoms with van der Waals surface area (Å²) in [4.78, 5) is 20.5. The van der Waals surface area contributed by atoms with Gasteiger partial charge < -0.3 is 10.1 Å². The van der Waals surface area contributed by atoms with E-state index in [2.05, 4.69) is 10.1 Å². The summed E-state index contributed by atoms with van der Waals surface area (Å²) < 4.78 is 17.7. The Labute approximate surface area is 90.2 Å². The van der Waals surface area contributed by atoms with Gasteiger partial charge in [0.1, 0.15) is 6.61 Å². The molecule has 6 nitrogen and oxygen atoms in total. The van der Waals surface area contributed by atoms with Gasteiger partial charge in [-0.3, -0.25) is 14.9 Å². The zero-order valence-electron chi connectivity index (χ0n) is 8.40. The molecule has 0 bridgehead atoms. The van der Waals surface area contributed by atoms with E-state index in [1.54, 1.807) is 0 Å². The number of methoxy groups -OCH3 is 1. The van der Waals surface area contributed by atoms with Gasteiger partial charge in [0.15, 0.2) is 0 Å². The lowest BCUT2D eigenvalue weighted by molar-refractivity contribution is -0.387. The van der Waals surface area contributed by atoms with Crippen LogP contribution >= 0.6 is 0 Å². The molecule has 0 saturated carbocycles. The van der Waals surface area contributed by atoms with E-state index in [1.165, 1.54) is 13.2 Å². The molecule has 1 rings (SSSR count). The predicted molar refractivity (Wildman–Crippen MR) is 53.6 cm³/mol. The van der Waals surface area contributed by atoms with E-state index in [4.69, 9.17) is 0 Å². The zero-order valence-corrected chi connectivity index (χ0v) is 8.40. The van der Waals surface area contributed by atoms with Gasteiger partial charge in [-0.05, 0) is 6.07 Å². The molecule has 1 aromatic carbocycles. The van der Waals surface area contributed by atoms with Crippen LogP contribution in [0.2, 0.25) is 0 Å². The maximum Gasteiger partial charge on any atom is 0.304 e. The van der Waals surface area contributed by atoms with Crippen LogP contribution < -0.4 is 5.32 Å². The quantitative estimate of drug-likeness (QED) is 0.622.